The fourth-order valence-electron chi connectivity index (χ4n) is 1.65. The summed E-state index contributed by atoms with van der Waals surface area (Å²) in [6, 6.07) is 8.83. The first-order valence-electron chi connectivity index (χ1n) is 5.88. The van der Waals surface area contributed by atoms with Crippen LogP contribution in [0.15, 0.2) is 34.9 Å². The molecule has 19 heavy (non-hydrogen) atoms. The first kappa shape index (κ1) is 12.8. The molecule has 1 amide bonds. The average molecular weight is 255 g/mol. The van der Waals surface area contributed by atoms with E-state index in [0.717, 1.165) is 5.69 Å². The van der Waals surface area contributed by atoms with E-state index in [-0.39, 0.29) is 5.91 Å². The molecule has 0 bridgehead atoms. The van der Waals surface area contributed by atoms with Gasteiger partial charge in [0.25, 0.3) is 0 Å². The third-order valence-corrected chi connectivity index (χ3v) is 2.55. The molecular weight excluding hydrogens is 242 g/mol. The molecular formula is C14H13N3O2. The van der Waals surface area contributed by atoms with Gasteiger partial charge < -0.3 is 9.73 Å². The first-order valence-corrected chi connectivity index (χ1v) is 5.88. The standard InChI is InChI=1S/C14H13N3O2/c1-10-16-13(9-19-10)5-6-14(18)17-12-4-2-3-11(7-12)8-15/h2-4,7,9H,5-6H2,1H3,(H,17,18). The Morgan fingerprint density at radius 2 is 2.37 bits per heavy atom. The maximum absolute atomic E-state index is 11.7. The minimum atomic E-state index is -0.115. The molecule has 0 fully saturated rings. The Kier molecular flexibility index (Phi) is 3.94. The van der Waals surface area contributed by atoms with Crippen LogP contribution < -0.4 is 5.32 Å². The number of amides is 1. The number of nitriles is 1. The summed E-state index contributed by atoms with van der Waals surface area (Å²) in [4.78, 5) is 15.9. The van der Waals surface area contributed by atoms with Gasteiger partial charge in [0.05, 0.1) is 17.3 Å². The molecule has 0 aliphatic rings. The second-order valence-corrected chi connectivity index (χ2v) is 4.10. The summed E-state index contributed by atoms with van der Waals surface area (Å²) in [6.07, 6.45) is 2.41. The second-order valence-electron chi connectivity index (χ2n) is 4.10. The van der Waals surface area contributed by atoms with Gasteiger partial charge in [0.15, 0.2) is 5.89 Å². The van der Waals surface area contributed by atoms with Crippen molar-refractivity contribution in [3.05, 3.63) is 47.7 Å². The van der Waals surface area contributed by atoms with E-state index in [9.17, 15) is 4.79 Å². The number of nitrogens with zero attached hydrogens (tertiary/aromatic N) is 2. The van der Waals surface area contributed by atoms with E-state index in [1.54, 1.807) is 37.5 Å². The summed E-state index contributed by atoms with van der Waals surface area (Å²) in [5.74, 6) is 0.480. The largest absolute Gasteiger partial charge is 0.449 e. The monoisotopic (exact) mass is 255 g/mol. The van der Waals surface area contributed by atoms with Crippen molar-refractivity contribution in [2.45, 2.75) is 19.8 Å². The van der Waals surface area contributed by atoms with Crippen molar-refractivity contribution >= 4 is 11.6 Å². The number of hydrogen-bond donors (Lipinski definition) is 1. The van der Waals surface area contributed by atoms with Crippen LogP contribution in [-0.4, -0.2) is 10.9 Å². The Morgan fingerprint density at radius 3 is 3.05 bits per heavy atom. The van der Waals surface area contributed by atoms with E-state index in [0.29, 0.717) is 30.0 Å². The lowest BCUT2D eigenvalue weighted by atomic mass is 10.2. The number of oxazole rings is 1. The molecule has 0 spiro atoms. The summed E-state index contributed by atoms with van der Waals surface area (Å²) in [5.41, 5.74) is 1.91. The molecule has 96 valence electrons. The smallest absolute Gasteiger partial charge is 0.224 e. The normalized spacial score (nSPS) is 9.89. The molecule has 5 nitrogen and oxygen atoms in total. The van der Waals surface area contributed by atoms with Crippen LogP contribution in [0.1, 0.15) is 23.6 Å². The minimum Gasteiger partial charge on any atom is -0.449 e. The number of nitrogens with one attached hydrogen (secondary N) is 1. The highest BCUT2D eigenvalue weighted by Crippen LogP contribution is 2.11. The molecule has 2 aromatic rings. The Morgan fingerprint density at radius 1 is 1.53 bits per heavy atom. The lowest BCUT2D eigenvalue weighted by molar-refractivity contribution is -0.116. The van der Waals surface area contributed by atoms with Gasteiger partial charge in [-0.25, -0.2) is 4.98 Å². The van der Waals surface area contributed by atoms with Crippen LogP contribution in [0, 0.1) is 18.3 Å². The van der Waals surface area contributed by atoms with Gasteiger partial charge in [-0.05, 0) is 18.2 Å². The molecule has 0 unspecified atom stereocenters. The molecule has 0 radical (unpaired) electrons. The molecule has 0 saturated carbocycles. The van der Waals surface area contributed by atoms with Crippen LogP contribution in [0.3, 0.4) is 0 Å². The summed E-state index contributed by atoms with van der Waals surface area (Å²) in [5, 5.41) is 11.5. The van der Waals surface area contributed by atoms with Gasteiger partial charge in [-0.2, -0.15) is 5.26 Å². The number of carbonyl (C=O) groups excluding carboxylic acids is 1. The maximum atomic E-state index is 11.7. The predicted octanol–water partition coefficient (Wildman–Crippen LogP) is 2.43. The van der Waals surface area contributed by atoms with E-state index >= 15 is 0 Å². The van der Waals surface area contributed by atoms with Crippen LogP contribution in [0.25, 0.3) is 0 Å². The maximum Gasteiger partial charge on any atom is 0.224 e. The Bertz CT molecular complexity index is 626. The highest BCUT2D eigenvalue weighted by atomic mass is 16.3. The first-order chi connectivity index (χ1) is 9.17. The number of anilines is 1. The number of hydrogen-bond acceptors (Lipinski definition) is 4. The van der Waals surface area contributed by atoms with Crippen LogP contribution in [0.2, 0.25) is 0 Å². The summed E-state index contributed by atoms with van der Waals surface area (Å²) in [7, 11) is 0. The van der Waals surface area contributed by atoms with Gasteiger partial charge in [0.2, 0.25) is 5.91 Å². The Hall–Kier alpha value is -2.61. The SMILES string of the molecule is Cc1nc(CCC(=O)Nc2cccc(C#N)c2)co1. The van der Waals surface area contributed by atoms with Crippen LogP contribution in [0.4, 0.5) is 5.69 Å². The van der Waals surface area contributed by atoms with Crippen LogP contribution in [0.5, 0.6) is 0 Å². The van der Waals surface area contributed by atoms with Gasteiger partial charge in [0.1, 0.15) is 6.26 Å². The number of carbonyl (C=O) groups is 1. The molecule has 2 rings (SSSR count). The topological polar surface area (TPSA) is 78.9 Å². The van der Waals surface area contributed by atoms with Gasteiger partial charge in [-0.15, -0.1) is 0 Å². The van der Waals surface area contributed by atoms with Crippen molar-refractivity contribution in [1.29, 1.82) is 5.26 Å². The fraction of sp³-hybridized carbons (Fsp3) is 0.214. The minimum absolute atomic E-state index is 0.115. The molecule has 0 aliphatic carbocycles. The highest BCUT2D eigenvalue weighted by molar-refractivity contribution is 5.90. The second kappa shape index (κ2) is 5.83. The van der Waals surface area contributed by atoms with E-state index in [4.69, 9.17) is 9.68 Å². The third-order valence-electron chi connectivity index (χ3n) is 2.55. The van der Waals surface area contributed by atoms with E-state index in [1.165, 1.54) is 0 Å². The number of benzene rings is 1. The van der Waals surface area contributed by atoms with Crippen molar-refractivity contribution < 1.29 is 9.21 Å². The number of aromatic nitrogens is 1. The van der Waals surface area contributed by atoms with E-state index in [2.05, 4.69) is 10.3 Å². The fourth-order valence-corrected chi connectivity index (χ4v) is 1.65. The highest BCUT2D eigenvalue weighted by Gasteiger charge is 2.06. The van der Waals surface area contributed by atoms with Crippen molar-refractivity contribution in [2.24, 2.45) is 0 Å². The zero-order valence-electron chi connectivity index (χ0n) is 10.5. The molecule has 1 aromatic heterocycles. The van der Waals surface area contributed by atoms with Crippen molar-refractivity contribution in [3.63, 3.8) is 0 Å². The molecule has 1 N–H and O–H groups in total. The Balaban J connectivity index is 1.89. The summed E-state index contributed by atoms with van der Waals surface area (Å²) < 4.78 is 5.07. The third kappa shape index (κ3) is 3.68. The lowest BCUT2D eigenvalue weighted by Crippen LogP contribution is -2.12. The number of rotatable bonds is 4. The zero-order chi connectivity index (χ0) is 13.7. The van der Waals surface area contributed by atoms with Gasteiger partial charge in [-0.3, -0.25) is 4.79 Å². The van der Waals surface area contributed by atoms with E-state index < -0.39 is 0 Å². The van der Waals surface area contributed by atoms with Crippen molar-refractivity contribution in [1.82, 2.24) is 4.98 Å². The Labute approximate surface area is 110 Å². The van der Waals surface area contributed by atoms with Crippen LogP contribution >= 0.6 is 0 Å². The van der Waals surface area contributed by atoms with Gasteiger partial charge in [0, 0.05) is 25.5 Å². The quantitative estimate of drug-likeness (QED) is 0.909. The van der Waals surface area contributed by atoms with Crippen molar-refractivity contribution in [3.8, 4) is 6.07 Å². The average Bonchev–Trinajstić information content (AvgIpc) is 2.82. The van der Waals surface area contributed by atoms with Crippen molar-refractivity contribution in [2.75, 3.05) is 5.32 Å². The predicted molar refractivity (Wildman–Crippen MR) is 69.3 cm³/mol. The molecule has 0 saturated heterocycles. The molecule has 5 heteroatoms. The molecule has 1 aromatic carbocycles. The zero-order valence-corrected chi connectivity index (χ0v) is 10.5. The van der Waals surface area contributed by atoms with Gasteiger partial charge in [-0.1, -0.05) is 6.07 Å². The summed E-state index contributed by atoms with van der Waals surface area (Å²) in [6.45, 7) is 1.76. The summed E-state index contributed by atoms with van der Waals surface area (Å²) >= 11 is 0. The van der Waals surface area contributed by atoms with E-state index in [1.807, 2.05) is 6.07 Å². The molecule has 0 atom stereocenters. The molecule has 0 aliphatic heterocycles. The molecule has 1 heterocycles. The number of aryl methyl sites for hydroxylation is 2. The van der Waals surface area contributed by atoms with Crippen LogP contribution in [-0.2, 0) is 11.2 Å². The van der Waals surface area contributed by atoms with Gasteiger partial charge >= 0.3 is 0 Å². The lowest BCUT2D eigenvalue weighted by Gasteiger charge is -2.04.